The van der Waals surface area contributed by atoms with E-state index in [-0.39, 0.29) is 30.0 Å². The summed E-state index contributed by atoms with van der Waals surface area (Å²) in [6, 6.07) is 13.3. The lowest BCUT2D eigenvalue weighted by molar-refractivity contribution is -0.116. The van der Waals surface area contributed by atoms with E-state index < -0.39 is 0 Å². The number of hydrogen-bond donors (Lipinski definition) is 2. The number of hydrogen-bond acceptors (Lipinski definition) is 4. The van der Waals surface area contributed by atoms with Crippen LogP contribution < -0.4 is 15.4 Å². The molecule has 2 aromatic carbocycles. The third-order valence-corrected chi connectivity index (χ3v) is 6.21. The third-order valence-electron chi connectivity index (χ3n) is 4.99. The van der Waals surface area contributed by atoms with Crippen molar-refractivity contribution in [1.82, 2.24) is 0 Å². The normalized spacial score (nSPS) is 15.4. The number of ether oxygens (including phenoxy) is 1. The second kappa shape index (κ2) is 7.67. The van der Waals surface area contributed by atoms with Crippen LogP contribution in [0.4, 0.5) is 15.1 Å². The summed E-state index contributed by atoms with van der Waals surface area (Å²) in [4.78, 5) is 25.6. The highest BCUT2D eigenvalue weighted by molar-refractivity contribution is 7.18. The minimum absolute atomic E-state index is 0.143. The van der Waals surface area contributed by atoms with Crippen LogP contribution in [0.2, 0.25) is 0 Å². The summed E-state index contributed by atoms with van der Waals surface area (Å²) in [6.07, 6.45) is 0.216. The number of benzene rings is 2. The smallest absolute Gasteiger partial charge is 0.266 e. The van der Waals surface area contributed by atoms with Gasteiger partial charge in [-0.1, -0.05) is 12.1 Å². The van der Waals surface area contributed by atoms with Gasteiger partial charge < -0.3 is 15.4 Å². The van der Waals surface area contributed by atoms with Crippen LogP contribution in [0.1, 0.15) is 38.7 Å². The highest BCUT2D eigenvalue weighted by Gasteiger charge is 2.33. The summed E-state index contributed by atoms with van der Waals surface area (Å²) in [6.45, 7) is 1.86. The van der Waals surface area contributed by atoms with E-state index in [1.165, 1.54) is 23.5 Å². The maximum Gasteiger partial charge on any atom is 0.266 e. The average molecular weight is 410 g/mol. The van der Waals surface area contributed by atoms with E-state index in [2.05, 4.69) is 10.6 Å². The van der Waals surface area contributed by atoms with Gasteiger partial charge in [-0.15, -0.1) is 11.3 Å². The minimum Gasteiger partial charge on any atom is -0.497 e. The van der Waals surface area contributed by atoms with Crippen molar-refractivity contribution in [3.8, 4) is 5.75 Å². The van der Waals surface area contributed by atoms with E-state index in [4.69, 9.17) is 4.74 Å². The Kier molecular flexibility index (Phi) is 5.07. The standard InChI is InChI=1S/C22H19FN2O3S/c1-12-19-17(13-4-3-5-14(23)10-13)11-18(26)25-22(19)29-20(12)21(27)24-15-6-8-16(28-2)9-7-15/h3-10,17H,11H2,1-2H3,(H,24,27)(H,25,26)/t17-/m0/s1. The molecule has 0 saturated carbocycles. The molecular formula is C22H19FN2O3S. The van der Waals surface area contributed by atoms with E-state index in [0.29, 0.717) is 21.3 Å². The van der Waals surface area contributed by atoms with Gasteiger partial charge in [0.2, 0.25) is 5.91 Å². The van der Waals surface area contributed by atoms with Crippen molar-refractivity contribution < 1.29 is 18.7 Å². The Morgan fingerprint density at radius 2 is 2.00 bits per heavy atom. The number of anilines is 2. The second-order valence-corrected chi connectivity index (χ2v) is 7.86. The fourth-order valence-electron chi connectivity index (χ4n) is 3.59. The van der Waals surface area contributed by atoms with Crippen LogP contribution in [0.5, 0.6) is 5.75 Å². The summed E-state index contributed by atoms with van der Waals surface area (Å²) in [5, 5.41) is 6.38. The van der Waals surface area contributed by atoms with Crippen molar-refractivity contribution >= 4 is 33.8 Å². The lowest BCUT2D eigenvalue weighted by atomic mass is 9.85. The van der Waals surface area contributed by atoms with Crippen LogP contribution in [0.15, 0.2) is 48.5 Å². The Morgan fingerprint density at radius 3 is 2.69 bits per heavy atom. The van der Waals surface area contributed by atoms with Gasteiger partial charge >= 0.3 is 0 Å². The van der Waals surface area contributed by atoms with Crippen molar-refractivity contribution in [2.45, 2.75) is 19.3 Å². The van der Waals surface area contributed by atoms with Crippen LogP contribution in [0.25, 0.3) is 0 Å². The third kappa shape index (κ3) is 3.73. The second-order valence-electron chi connectivity index (χ2n) is 6.84. The van der Waals surface area contributed by atoms with Gasteiger partial charge in [0.05, 0.1) is 17.0 Å². The topological polar surface area (TPSA) is 67.4 Å². The van der Waals surface area contributed by atoms with Crippen molar-refractivity contribution in [1.29, 1.82) is 0 Å². The first-order valence-electron chi connectivity index (χ1n) is 9.10. The zero-order valence-electron chi connectivity index (χ0n) is 15.9. The Hall–Kier alpha value is -3.19. The van der Waals surface area contributed by atoms with Gasteiger partial charge in [0.25, 0.3) is 5.91 Å². The maximum atomic E-state index is 13.8. The van der Waals surface area contributed by atoms with Gasteiger partial charge in [0.1, 0.15) is 11.6 Å². The monoisotopic (exact) mass is 410 g/mol. The van der Waals surface area contributed by atoms with Gasteiger partial charge in [0.15, 0.2) is 0 Å². The van der Waals surface area contributed by atoms with Crippen LogP contribution in [-0.4, -0.2) is 18.9 Å². The highest BCUT2D eigenvalue weighted by Crippen LogP contribution is 2.45. The Bertz CT molecular complexity index is 1090. The lowest BCUT2D eigenvalue weighted by Gasteiger charge is -2.24. The first-order valence-corrected chi connectivity index (χ1v) is 9.92. The van der Waals surface area contributed by atoms with E-state index in [1.54, 1.807) is 37.4 Å². The fourth-order valence-corrected chi connectivity index (χ4v) is 4.77. The molecule has 3 aromatic rings. The van der Waals surface area contributed by atoms with Gasteiger partial charge in [-0.3, -0.25) is 9.59 Å². The summed E-state index contributed by atoms with van der Waals surface area (Å²) >= 11 is 1.24. The number of carbonyl (C=O) groups is 2. The molecule has 148 valence electrons. The maximum absolute atomic E-state index is 13.8. The van der Waals surface area contributed by atoms with Crippen molar-refractivity contribution in [2.24, 2.45) is 0 Å². The highest BCUT2D eigenvalue weighted by atomic mass is 32.1. The quantitative estimate of drug-likeness (QED) is 0.641. The number of thiophene rings is 1. The average Bonchev–Trinajstić information content (AvgIpc) is 3.04. The van der Waals surface area contributed by atoms with E-state index in [0.717, 1.165) is 16.7 Å². The molecule has 0 fully saturated rings. The molecule has 4 rings (SSSR count). The summed E-state index contributed by atoms with van der Waals surface area (Å²) < 4.78 is 18.9. The van der Waals surface area contributed by atoms with Crippen LogP contribution in [0, 0.1) is 12.7 Å². The molecule has 1 atom stereocenters. The van der Waals surface area contributed by atoms with Crippen molar-refractivity contribution in [3.05, 3.63) is 75.9 Å². The Balaban J connectivity index is 1.67. The molecule has 5 nitrogen and oxygen atoms in total. The van der Waals surface area contributed by atoms with Crippen LogP contribution in [0.3, 0.4) is 0 Å². The number of amides is 2. The number of methoxy groups -OCH3 is 1. The Labute approximate surface area is 171 Å². The molecule has 0 aliphatic carbocycles. The first kappa shape index (κ1) is 19.1. The van der Waals surface area contributed by atoms with Crippen LogP contribution in [-0.2, 0) is 4.79 Å². The summed E-state index contributed by atoms with van der Waals surface area (Å²) in [7, 11) is 1.58. The largest absolute Gasteiger partial charge is 0.497 e. The number of carbonyl (C=O) groups excluding carboxylic acids is 2. The number of fused-ring (bicyclic) bond motifs is 1. The predicted molar refractivity (Wildman–Crippen MR) is 111 cm³/mol. The van der Waals surface area contributed by atoms with Gasteiger partial charge in [-0.05, 0) is 60.0 Å². The molecule has 7 heteroatoms. The fraction of sp³-hybridized carbons (Fsp3) is 0.182. The number of halogens is 1. The predicted octanol–water partition coefficient (Wildman–Crippen LogP) is 4.93. The van der Waals surface area contributed by atoms with Crippen LogP contribution >= 0.6 is 11.3 Å². The van der Waals surface area contributed by atoms with E-state index in [9.17, 15) is 14.0 Å². The van der Waals surface area contributed by atoms with Gasteiger partial charge in [-0.25, -0.2) is 4.39 Å². The molecule has 2 amide bonds. The zero-order chi connectivity index (χ0) is 20.5. The SMILES string of the molecule is COc1ccc(NC(=O)c2sc3c(c2C)[C@H](c2cccc(F)c2)CC(=O)N3)cc1. The number of rotatable bonds is 4. The molecular weight excluding hydrogens is 391 g/mol. The molecule has 0 saturated heterocycles. The molecule has 0 unspecified atom stereocenters. The summed E-state index contributed by atoms with van der Waals surface area (Å²) in [5.41, 5.74) is 3.04. The molecule has 2 N–H and O–H groups in total. The molecule has 1 aromatic heterocycles. The van der Waals surface area contributed by atoms with Gasteiger partial charge in [0, 0.05) is 18.0 Å². The first-order chi connectivity index (χ1) is 14.0. The summed E-state index contributed by atoms with van der Waals surface area (Å²) in [5.74, 6) is -0.325. The molecule has 1 aliphatic heterocycles. The van der Waals surface area contributed by atoms with E-state index >= 15 is 0 Å². The van der Waals surface area contributed by atoms with E-state index in [1.807, 2.05) is 13.0 Å². The Morgan fingerprint density at radius 1 is 1.24 bits per heavy atom. The lowest BCUT2D eigenvalue weighted by Crippen LogP contribution is -2.22. The molecule has 29 heavy (non-hydrogen) atoms. The molecule has 0 bridgehead atoms. The van der Waals surface area contributed by atoms with Crippen molar-refractivity contribution in [2.75, 3.05) is 17.7 Å². The molecule has 2 heterocycles. The molecule has 0 spiro atoms. The minimum atomic E-state index is -0.347. The molecule has 0 radical (unpaired) electrons. The van der Waals surface area contributed by atoms with Crippen molar-refractivity contribution in [3.63, 3.8) is 0 Å². The zero-order valence-corrected chi connectivity index (χ0v) is 16.7. The van der Waals surface area contributed by atoms with Gasteiger partial charge in [-0.2, -0.15) is 0 Å². The molecule has 1 aliphatic rings. The number of nitrogens with one attached hydrogen (secondary N) is 2.